The van der Waals surface area contributed by atoms with Crippen LogP contribution in [0, 0.1) is 0 Å². The quantitative estimate of drug-likeness (QED) is 0.314. The minimum absolute atomic E-state index is 0.305. The Morgan fingerprint density at radius 2 is 1.00 bits per heavy atom. The average Bonchev–Trinajstić information content (AvgIpc) is 2.66. The van der Waals surface area contributed by atoms with Gasteiger partial charge < -0.3 is 9.80 Å². The maximum atomic E-state index is 6.29. The first-order chi connectivity index (χ1) is 13.2. The Hall–Kier alpha value is -1.10. The lowest BCUT2D eigenvalue weighted by molar-refractivity contribution is 0.599. The SMILES string of the molecule is CCCCCCN(CCCCCC)c1nc(Cl)nc(N(CCC)CCC)n1. The summed E-state index contributed by atoms with van der Waals surface area (Å²) in [7, 11) is 0. The lowest BCUT2D eigenvalue weighted by Crippen LogP contribution is -2.31. The molecule has 1 aromatic heterocycles. The molecule has 0 aliphatic heterocycles. The number of anilines is 2. The van der Waals surface area contributed by atoms with Crippen LogP contribution in [0.15, 0.2) is 0 Å². The molecule has 0 atom stereocenters. The molecule has 0 spiro atoms. The van der Waals surface area contributed by atoms with E-state index < -0.39 is 0 Å². The van der Waals surface area contributed by atoms with Crippen molar-refractivity contribution >= 4 is 23.5 Å². The van der Waals surface area contributed by atoms with Gasteiger partial charge in [-0.25, -0.2) is 0 Å². The summed E-state index contributed by atoms with van der Waals surface area (Å²) in [5.74, 6) is 1.47. The van der Waals surface area contributed by atoms with Gasteiger partial charge in [0, 0.05) is 26.2 Å². The summed E-state index contributed by atoms with van der Waals surface area (Å²) < 4.78 is 0. The van der Waals surface area contributed by atoms with Crippen molar-refractivity contribution in [1.82, 2.24) is 15.0 Å². The van der Waals surface area contributed by atoms with Crippen LogP contribution in [0.3, 0.4) is 0 Å². The van der Waals surface area contributed by atoms with Crippen LogP contribution in [0.1, 0.15) is 91.9 Å². The molecule has 0 aliphatic carbocycles. The topological polar surface area (TPSA) is 45.2 Å². The summed E-state index contributed by atoms with van der Waals surface area (Å²) >= 11 is 6.29. The fourth-order valence-electron chi connectivity index (χ4n) is 3.23. The largest absolute Gasteiger partial charge is 0.341 e. The second kappa shape index (κ2) is 14.9. The van der Waals surface area contributed by atoms with E-state index >= 15 is 0 Å². The van der Waals surface area contributed by atoms with Crippen molar-refractivity contribution in [1.29, 1.82) is 0 Å². The highest BCUT2D eigenvalue weighted by molar-refractivity contribution is 6.28. The molecule has 0 saturated heterocycles. The first kappa shape index (κ1) is 23.9. The van der Waals surface area contributed by atoms with Crippen LogP contribution >= 0.6 is 11.6 Å². The third kappa shape index (κ3) is 9.59. The van der Waals surface area contributed by atoms with Crippen molar-refractivity contribution in [2.45, 2.75) is 91.9 Å². The van der Waals surface area contributed by atoms with Crippen LogP contribution in [0.25, 0.3) is 0 Å². The summed E-state index contributed by atoms with van der Waals surface area (Å²) in [6, 6.07) is 0. The van der Waals surface area contributed by atoms with Crippen LogP contribution in [-0.2, 0) is 0 Å². The zero-order valence-electron chi connectivity index (χ0n) is 18.0. The molecule has 0 radical (unpaired) electrons. The van der Waals surface area contributed by atoms with Gasteiger partial charge in [-0.2, -0.15) is 15.0 Å². The van der Waals surface area contributed by atoms with Gasteiger partial charge in [-0.3, -0.25) is 0 Å². The van der Waals surface area contributed by atoms with Crippen molar-refractivity contribution in [2.24, 2.45) is 0 Å². The van der Waals surface area contributed by atoms with Crippen molar-refractivity contribution in [3.05, 3.63) is 5.28 Å². The van der Waals surface area contributed by atoms with E-state index in [2.05, 4.69) is 47.5 Å². The highest BCUT2D eigenvalue weighted by Gasteiger charge is 2.16. The molecule has 6 heteroatoms. The molecule has 0 bridgehead atoms. The molecule has 1 aromatic rings. The van der Waals surface area contributed by atoms with Gasteiger partial charge in [0.15, 0.2) is 0 Å². The average molecular weight is 398 g/mol. The number of hydrogen-bond acceptors (Lipinski definition) is 5. The van der Waals surface area contributed by atoms with Crippen LogP contribution in [0.2, 0.25) is 5.28 Å². The molecule has 0 aromatic carbocycles. The van der Waals surface area contributed by atoms with Gasteiger partial charge in [-0.05, 0) is 37.3 Å². The van der Waals surface area contributed by atoms with Gasteiger partial charge in [0.2, 0.25) is 17.2 Å². The summed E-state index contributed by atoms with van der Waals surface area (Å²) in [4.78, 5) is 18.3. The van der Waals surface area contributed by atoms with Crippen LogP contribution in [0.4, 0.5) is 11.9 Å². The minimum atomic E-state index is 0.305. The molecule has 0 N–H and O–H groups in total. The maximum absolute atomic E-state index is 6.29. The molecular weight excluding hydrogens is 358 g/mol. The fraction of sp³-hybridized carbons (Fsp3) is 0.857. The Labute approximate surface area is 171 Å². The van der Waals surface area contributed by atoms with E-state index in [1.807, 2.05) is 0 Å². The number of halogens is 1. The highest BCUT2D eigenvalue weighted by Crippen LogP contribution is 2.19. The fourth-order valence-corrected chi connectivity index (χ4v) is 3.39. The molecule has 0 fully saturated rings. The van der Waals surface area contributed by atoms with Gasteiger partial charge in [0.25, 0.3) is 0 Å². The summed E-state index contributed by atoms with van der Waals surface area (Å²) in [6.07, 6.45) is 12.1. The highest BCUT2D eigenvalue weighted by atomic mass is 35.5. The van der Waals surface area contributed by atoms with E-state index in [-0.39, 0.29) is 0 Å². The number of nitrogens with zero attached hydrogens (tertiary/aromatic N) is 5. The Morgan fingerprint density at radius 1 is 0.556 bits per heavy atom. The number of rotatable bonds is 16. The number of unbranched alkanes of at least 4 members (excludes halogenated alkanes) is 6. The predicted molar refractivity (Wildman–Crippen MR) is 118 cm³/mol. The van der Waals surface area contributed by atoms with Crippen molar-refractivity contribution in [3.63, 3.8) is 0 Å². The van der Waals surface area contributed by atoms with E-state index in [1.165, 1.54) is 51.4 Å². The summed E-state index contributed by atoms with van der Waals surface area (Å²) in [5, 5.41) is 0.305. The first-order valence-corrected chi connectivity index (χ1v) is 11.4. The maximum Gasteiger partial charge on any atom is 0.231 e. The van der Waals surface area contributed by atoms with Crippen LogP contribution in [0.5, 0.6) is 0 Å². The standard InChI is InChI=1S/C21H40ClN5/c1-5-9-11-13-17-27(18-14-12-10-6-2)21-24-19(22)23-20(25-21)26(15-7-3)16-8-4/h5-18H2,1-4H3. The van der Waals surface area contributed by atoms with E-state index in [9.17, 15) is 0 Å². The molecule has 0 amide bonds. The normalized spacial score (nSPS) is 11.0. The minimum Gasteiger partial charge on any atom is -0.341 e. The lowest BCUT2D eigenvalue weighted by Gasteiger charge is -2.26. The Balaban J connectivity index is 2.92. The molecule has 1 rings (SSSR count). The number of aromatic nitrogens is 3. The smallest absolute Gasteiger partial charge is 0.231 e. The van der Waals surface area contributed by atoms with Gasteiger partial charge in [0.1, 0.15) is 0 Å². The van der Waals surface area contributed by atoms with Crippen molar-refractivity contribution in [3.8, 4) is 0 Å². The van der Waals surface area contributed by atoms with Gasteiger partial charge in [-0.15, -0.1) is 0 Å². The van der Waals surface area contributed by atoms with Crippen LogP contribution in [-0.4, -0.2) is 41.1 Å². The van der Waals surface area contributed by atoms with Crippen molar-refractivity contribution < 1.29 is 0 Å². The lowest BCUT2D eigenvalue weighted by atomic mass is 10.2. The van der Waals surface area contributed by atoms with Gasteiger partial charge >= 0.3 is 0 Å². The first-order valence-electron chi connectivity index (χ1n) is 11.1. The van der Waals surface area contributed by atoms with E-state index in [4.69, 9.17) is 16.6 Å². The van der Waals surface area contributed by atoms with Gasteiger partial charge in [0.05, 0.1) is 0 Å². The zero-order valence-corrected chi connectivity index (χ0v) is 18.8. The molecule has 5 nitrogen and oxygen atoms in total. The Kier molecular flexibility index (Phi) is 13.2. The third-order valence-corrected chi connectivity index (χ3v) is 4.87. The zero-order chi connectivity index (χ0) is 19.9. The van der Waals surface area contributed by atoms with Crippen LogP contribution < -0.4 is 9.80 Å². The molecule has 0 unspecified atom stereocenters. The third-order valence-electron chi connectivity index (χ3n) is 4.70. The van der Waals surface area contributed by atoms with E-state index in [0.717, 1.165) is 50.9 Å². The van der Waals surface area contributed by atoms with E-state index in [0.29, 0.717) is 5.28 Å². The molecule has 1 heterocycles. The van der Waals surface area contributed by atoms with E-state index in [1.54, 1.807) is 0 Å². The second-order valence-electron chi connectivity index (χ2n) is 7.30. The molecule has 0 saturated carbocycles. The van der Waals surface area contributed by atoms with Crippen molar-refractivity contribution in [2.75, 3.05) is 36.0 Å². The van der Waals surface area contributed by atoms with Gasteiger partial charge in [-0.1, -0.05) is 66.2 Å². The molecular formula is C21H40ClN5. The summed E-state index contributed by atoms with van der Waals surface area (Å²) in [6.45, 7) is 12.7. The summed E-state index contributed by atoms with van der Waals surface area (Å²) in [5.41, 5.74) is 0. The molecule has 0 aliphatic rings. The Bertz CT molecular complexity index is 479. The molecule has 27 heavy (non-hydrogen) atoms. The Morgan fingerprint density at radius 3 is 1.41 bits per heavy atom. The number of hydrogen-bond donors (Lipinski definition) is 0. The monoisotopic (exact) mass is 397 g/mol. The predicted octanol–water partition coefficient (Wildman–Crippen LogP) is 6.12. The molecule has 156 valence electrons. The second-order valence-corrected chi connectivity index (χ2v) is 7.64.